The normalized spacial score (nSPS) is 14.9. The summed E-state index contributed by atoms with van der Waals surface area (Å²) in [6.07, 6.45) is 1.91. The number of aromatic nitrogens is 3. The van der Waals surface area contributed by atoms with Crippen LogP contribution in [0.4, 0.5) is 14.5 Å². The van der Waals surface area contributed by atoms with Gasteiger partial charge in [-0.15, -0.1) is 0 Å². The molecule has 0 radical (unpaired) electrons. The van der Waals surface area contributed by atoms with E-state index < -0.39 is 27.4 Å². The molecular formula is C40H35F2N7O4S. The Morgan fingerprint density at radius 2 is 1.78 bits per heavy atom. The molecule has 1 aliphatic rings. The van der Waals surface area contributed by atoms with Crippen LogP contribution in [0.5, 0.6) is 0 Å². The number of nitriles is 1. The molecule has 5 heterocycles. The molecule has 7 aromatic rings. The second kappa shape index (κ2) is 12.9. The van der Waals surface area contributed by atoms with Gasteiger partial charge < -0.3 is 9.73 Å². The van der Waals surface area contributed by atoms with Crippen molar-refractivity contribution in [3.05, 3.63) is 95.6 Å². The van der Waals surface area contributed by atoms with Gasteiger partial charge in [0.1, 0.15) is 34.2 Å². The third kappa shape index (κ3) is 5.99. The largest absolute Gasteiger partial charge is 0.455 e. The molecule has 3 aromatic carbocycles. The first kappa shape index (κ1) is 35.1. The average Bonchev–Trinajstić information content (AvgIpc) is 3.74. The maximum absolute atomic E-state index is 14.7. The number of alkyl halides is 1. The zero-order chi connectivity index (χ0) is 38.1. The molecule has 0 unspecified atom stereocenters. The molecule has 0 aliphatic carbocycles. The summed E-state index contributed by atoms with van der Waals surface area (Å²) in [5, 5.41) is 13.8. The SMILES string of the molecule is CNC(=O)c1c(-c2ccc(F)cc2)oc2cc(N(C)S(C)(=O)=O)c(-c3ccc4nc(CN5CCC(C)(F)CC5)n5c6cccc(C#N)c6cc5c4n3)cc12. The highest BCUT2D eigenvalue weighted by Crippen LogP contribution is 2.42. The number of pyridine rings is 1. The van der Waals surface area contributed by atoms with Crippen LogP contribution in [0.25, 0.3) is 61.0 Å². The van der Waals surface area contributed by atoms with E-state index >= 15 is 0 Å². The van der Waals surface area contributed by atoms with E-state index in [4.69, 9.17) is 14.4 Å². The second-order valence-electron chi connectivity index (χ2n) is 14.0. The first-order valence-electron chi connectivity index (χ1n) is 17.3. The maximum Gasteiger partial charge on any atom is 0.255 e. The number of amides is 1. The average molecular weight is 748 g/mol. The molecule has 1 aliphatic heterocycles. The van der Waals surface area contributed by atoms with Crippen molar-refractivity contribution in [2.75, 3.05) is 37.7 Å². The van der Waals surface area contributed by atoms with E-state index in [2.05, 4.69) is 16.3 Å². The Morgan fingerprint density at radius 1 is 1.04 bits per heavy atom. The van der Waals surface area contributed by atoms with Crippen LogP contribution in [0.1, 0.15) is 41.5 Å². The summed E-state index contributed by atoms with van der Waals surface area (Å²) >= 11 is 0. The van der Waals surface area contributed by atoms with Gasteiger partial charge in [-0.1, -0.05) is 6.07 Å². The molecule has 0 saturated carbocycles. The molecule has 11 nitrogen and oxygen atoms in total. The van der Waals surface area contributed by atoms with E-state index in [0.29, 0.717) is 82.6 Å². The molecule has 0 bridgehead atoms. The summed E-state index contributed by atoms with van der Waals surface area (Å²) in [7, 11) is -0.887. The quantitative estimate of drug-likeness (QED) is 0.181. The van der Waals surface area contributed by atoms with E-state index in [9.17, 15) is 27.3 Å². The highest BCUT2D eigenvalue weighted by Gasteiger charge is 2.31. The van der Waals surface area contributed by atoms with Gasteiger partial charge in [0.15, 0.2) is 0 Å². The molecule has 274 valence electrons. The van der Waals surface area contributed by atoms with Gasteiger partial charge in [0.25, 0.3) is 5.91 Å². The number of hydrogen-bond donors (Lipinski definition) is 1. The summed E-state index contributed by atoms with van der Waals surface area (Å²) in [4.78, 5) is 25.8. The molecule has 1 N–H and O–H groups in total. The van der Waals surface area contributed by atoms with Crippen LogP contribution in [-0.2, 0) is 16.6 Å². The molecule has 0 spiro atoms. The van der Waals surface area contributed by atoms with Crippen molar-refractivity contribution in [1.82, 2.24) is 24.6 Å². The molecule has 1 saturated heterocycles. The zero-order valence-corrected chi connectivity index (χ0v) is 30.8. The Hall–Kier alpha value is -5.91. The number of carbonyl (C=O) groups is 1. The third-order valence-electron chi connectivity index (χ3n) is 10.3. The van der Waals surface area contributed by atoms with Gasteiger partial charge in [0.2, 0.25) is 10.0 Å². The number of nitrogens with one attached hydrogen (secondary N) is 1. The molecule has 8 rings (SSSR count). The van der Waals surface area contributed by atoms with Gasteiger partial charge in [-0.3, -0.25) is 18.4 Å². The van der Waals surface area contributed by atoms with Crippen LogP contribution in [-0.4, -0.2) is 72.7 Å². The van der Waals surface area contributed by atoms with Crippen molar-refractivity contribution in [1.29, 1.82) is 5.26 Å². The number of likely N-dealkylation sites (tertiary alicyclic amines) is 1. The van der Waals surface area contributed by atoms with Crippen LogP contribution < -0.4 is 9.62 Å². The van der Waals surface area contributed by atoms with E-state index in [0.717, 1.165) is 21.5 Å². The Kier molecular flexibility index (Phi) is 8.39. The fraction of sp³-hybridized carbons (Fsp3) is 0.250. The number of sulfonamides is 1. The number of furan rings is 1. The Labute approximate surface area is 309 Å². The molecule has 1 amide bonds. The van der Waals surface area contributed by atoms with E-state index in [1.807, 2.05) is 28.7 Å². The van der Waals surface area contributed by atoms with Crippen molar-refractivity contribution >= 4 is 60.0 Å². The molecule has 54 heavy (non-hydrogen) atoms. The number of halogens is 2. The lowest BCUT2D eigenvalue weighted by Crippen LogP contribution is -2.40. The van der Waals surface area contributed by atoms with Crippen molar-refractivity contribution < 1.29 is 26.4 Å². The first-order valence-corrected chi connectivity index (χ1v) is 19.2. The minimum Gasteiger partial charge on any atom is -0.455 e. The Bertz CT molecular complexity index is 2810. The van der Waals surface area contributed by atoms with Gasteiger partial charge in [0, 0.05) is 55.2 Å². The summed E-state index contributed by atoms with van der Waals surface area (Å²) < 4.78 is 64.0. The zero-order valence-electron chi connectivity index (χ0n) is 29.9. The molecule has 14 heteroatoms. The third-order valence-corrected chi connectivity index (χ3v) is 11.5. The van der Waals surface area contributed by atoms with E-state index in [1.54, 1.807) is 31.2 Å². The van der Waals surface area contributed by atoms with Gasteiger partial charge >= 0.3 is 0 Å². The molecule has 0 atom stereocenters. The fourth-order valence-corrected chi connectivity index (χ4v) is 7.77. The van der Waals surface area contributed by atoms with Crippen LogP contribution in [0.2, 0.25) is 0 Å². The maximum atomic E-state index is 14.7. The number of rotatable bonds is 7. The number of nitrogens with zero attached hydrogens (tertiary/aromatic N) is 6. The number of hydrogen-bond acceptors (Lipinski definition) is 8. The van der Waals surface area contributed by atoms with E-state index in [-0.39, 0.29) is 22.6 Å². The molecule has 1 fully saturated rings. The van der Waals surface area contributed by atoms with Crippen LogP contribution in [0.15, 0.2) is 77.2 Å². The van der Waals surface area contributed by atoms with Gasteiger partial charge in [-0.05, 0) is 80.4 Å². The lowest BCUT2D eigenvalue weighted by atomic mass is 9.96. The monoisotopic (exact) mass is 747 g/mol. The standard InChI is InChI=1S/C40H35F2N7O4S/c1-40(42)14-16-48(17-15-40)22-35-45-30-13-12-29(46-37(30)33-19-26-24(21-43)6-5-7-31(26)49(33)35)27-18-28-34(20-32(27)47(3)54(4,51)52)53-38(36(28)39(50)44-2)23-8-10-25(41)11-9-23/h5-13,18-20H,14-17,22H2,1-4H3,(H,44,50). The summed E-state index contributed by atoms with van der Waals surface area (Å²) in [6.45, 7) is 3.23. The minimum atomic E-state index is -3.80. The minimum absolute atomic E-state index is 0.191. The van der Waals surface area contributed by atoms with Crippen molar-refractivity contribution in [2.24, 2.45) is 0 Å². The summed E-state index contributed by atoms with van der Waals surface area (Å²) in [5.41, 5.74) is 3.74. The molecular weight excluding hydrogens is 713 g/mol. The summed E-state index contributed by atoms with van der Waals surface area (Å²) in [5.74, 6) is -0.00612. The van der Waals surface area contributed by atoms with Gasteiger partial charge in [-0.25, -0.2) is 27.2 Å². The van der Waals surface area contributed by atoms with Gasteiger partial charge in [0.05, 0.1) is 57.9 Å². The predicted molar refractivity (Wildman–Crippen MR) is 204 cm³/mol. The van der Waals surface area contributed by atoms with Crippen LogP contribution >= 0.6 is 0 Å². The smallest absolute Gasteiger partial charge is 0.255 e. The lowest BCUT2D eigenvalue weighted by molar-refractivity contribution is 0.0691. The predicted octanol–water partition coefficient (Wildman–Crippen LogP) is 7.21. The lowest BCUT2D eigenvalue weighted by Gasteiger charge is -2.34. The first-order chi connectivity index (χ1) is 25.8. The van der Waals surface area contributed by atoms with Gasteiger partial charge in [-0.2, -0.15) is 5.26 Å². The second-order valence-corrected chi connectivity index (χ2v) is 16.0. The number of carbonyl (C=O) groups excluding carboxylic acids is 1. The van der Waals surface area contributed by atoms with Crippen molar-refractivity contribution in [2.45, 2.75) is 32.0 Å². The number of anilines is 1. The summed E-state index contributed by atoms with van der Waals surface area (Å²) in [6, 6.07) is 22.0. The van der Waals surface area contributed by atoms with Crippen LogP contribution in [0.3, 0.4) is 0 Å². The topological polar surface area (TPSA) is 137 Å². The van der Waals surface area contributed by atoms with Crippen molar-refractivity contribution in [3.8, 4) is 28.7 Å². The number of piperidine rings is 1. The van der Waals surface area contributed by atoms with E-state index in [1.165, 1.54) is 38.4 Å². The Balaban J connectivity index is 1.38. The Morgan fingerprint density at radius 3 is 2.46 bits per heavy atom. The highest BCUT2D eigenvalue weighted by molar-refractivity contribution is 7.92. The fourth-order valence-electron chi connectivity index (χ4n) is 7.27. The highest BCUT2D eigenvalue weighted by atomic mass is 32.2. The van der Waals surface area contributed by atoms with Crippen molar-refractivity contribution in [3.63, 3.8) is 0 Å². The number of benzene rings is 3. The molecule has 4 aromatic heterocycles. The van der Waals surface area contributed by atoms with Crippen LogP contribution in [0, 0.1) is 17.1 Å². The number of fused-ring (bicyclic) bond motifs is 6.